The van der Waals surface area contributed by atoms with E-state index in [4.69, 9.17) is 9.47 Å². The Bertz CT molecular complexity index is 186. The number of carbonyl (C=O) groups is 2. The highest BCUT2D eigenvalue weighted by Crippen LogP contribution is 2.08. The summed E-state index contributed by atoms with van der Waals surface area (Å²) in [4.78, 5) is 21.9. The molecular formula is C9H16O4. The zero-order chi connectivity index (χ0) is 10.4. The topological polar surface area (TPSA) is 52.6 Å². The summed E-state index contributed by atoms with van der Waals surface area (Å²) in [6.45, 7) is 6.87. The smallest absolute Gasteiger partial charge is 0.347 e. The van der Waals surface area contributed by atoms with Crippen LogP contribution in [0.2, 0.25) is 0 Å². The molecule has 1 atom stereocenters. The molecule has 4 heteroatoms. The van der Waals surface area contributed by atoms with Crippen molar-refractivity contribution >= 4 is 11.9 Å². The number of hydrogen-bond acceptors (Lipinski definition) is 4. The molecule has 0 radical (unpaired) electrons. The molecule has 0 aliphatic rings. The Kier molecular flexibility index (Phi) is 5.11. The van der Waals surface area contributed by atoms with E-state index in [1.165, 1.54) is 6.92 Å². The van der Waals surface area contributed by atoms with Gasteiger partial charge in [0, 0.05) is 12.8 Å². The molecule has 0 amide bonds. The second-order valence-corrected chi connectivity index (χ2v) is 3.03. The van der Waals surface area contributed by atoms with Crippen molar-refractivity contribution < 1.29 is 19.1 Å². The standard InChI is InChI=1S/C9H16O4/c1-5-12-9(11)8(6(2)3)13-7(4)10/h6,8H,5H2,1-4H3. The first-order valence-corrected chi connectivity index (χ1v) is 4.32. The van der Waals surface area contributed by atoms with Crippen LogP contribution in [0.25, 0.3) is 0 Å². The number of hydrogen-bond donors (Lipinski definition) is 0. The van der Waals surface area contributed by atoms with Crippen LogP contribution in [0.4, 0.5) is 0 Å². The highest BCUT2D eigenvalue weighted by molar-refractivity contribution is 5.78. The molecule has 0 fully saturated rings. The number of rotatable bonds is 4. The first kappa shape index (κ1) is 11.9. The van der Waals surface area contributed by atoms with E-state index < -0.39 is 18.0 Å². The van der Waals surface area contributed by atoms with Crippen molar-refractivity contribution in [2.24, 2.45) is 5.92 Å². The summed E-state index contributed by atoms with van der Waals surface area (Å²) in [7, 11) is 0. The molecule has 0 aromatic carbocycles. The van der Waals surface area contributed by atoms with Crippen molar-refractivity contribution in [2.75, 3.05) is 6.61 Å². The average Bonchev–Trinajstić information content (AvgIpc) is 1.99. The van der Waals surface area contributed by atoms with E-state index in [9.17, 15) is 9.59 Å². The van der Waals surface area contributed by atoms with Gasteiger partial charge in [0.25, 0.3) is 0 Å². The Labute approximate surface area is 78.2 Å². The normalized spacial score (nSPS) is 12.4. The van der Waals surface area contributed by atoms with Crippen LogP contribution < -0.4 is 0 Å². The summed E-state index contributed by atoms with van der Waals surface area (Å²) in [6, 6.07) is 0. The lowest BCUT2D eigenvalue weighted by Gasteiger charge is -2.18. The molecular weight excluding hydrogens is 172 g/mol. The van der Waals surface area contributed by atoms with Gasteiger partial charge in [-0.1, -0.05) is 13.8 Å². The fourth-order valence-electron chi connectivity index (χ4n) is 0.860. The van der Waals surface area contributed by atoms with Gasteiger partial charge in [0.15, 0.2) is 0 Å². The van der Waals surface area contributed by atoms with Gasteiger partial charge in [0.1, 0.15) is 0 Å². The summed E-state index contributed by atoms with van der Waals surface area (Å²) in [5, 5.41) is 0. The maximum absolute atomic E-state index is 11.2. The Morgan fingerprint density at radius 1 is 1.31 bits per heavy atom. The van der Waals surface area contributed by atoms with Gasteiger partial charge in [-0.15, -0.1) is 0 Å². The first-order chi connectivity index (χ1) is 5.99. The molecule has 0 aliphatic heterocycles. The summed E-state index contributed by atoms with van der Waals surface area (Å²) >= 11 is 0. The van der Waals surface area contributed by atoms with Gasteiger partial charge in [-0.25, -0.2) is 4.79 Å². The highest BCUT2D eigenvalue weighted by Gasteiger charge is 2.26. The van der Waals surface area contributed by atoms with Gasteiger partial charge in [-0.3, -0.25) is 4.79 Å². The van der Waals surface area contributed by atoms with Gasteiger partial charge >= 0.3 is 11.9 Å². The Hall–Kier alpha value is -1.06. The van der Waals surface area contributed by atoms with Crippen molar-refractivity contribution in [1.82, 2.24) is 0 Å². The van der Waals surface area contributed by atoms with Crippen LogP contribution in [0.5, 0.6) is 0 Å². The molecule has 0 rings (SSSR count). The van der Waals surface area contributed by atoms with Crippen molar-refractivity contribution in [1.29, 1.82) is 0 Å². The minimum Gasteiger partial charge on any atom is -0.463 e. The van der Waals surface area contributed by atoms with Crippen LogP contribution in [-0.2, 0) is 19.1 Å². The average molecular weight is 188 g/mol. The first-order valence-electron chi connectivity index (χ1n) is 4.32. The van der Waals surface area contributed by atoms with Crippen molar-refractivity contribution in [2.45, 2.75) is 33.8 Å². The Balaban J connectivity index is 4.24. The molecule has 0 saturated carbocycles. The van der Waals surface area contributed by atoms with Crippen molar-refractivity contribution in [3.63, 3.8) is 0 Å². The molecule has 0 aromatic heterocycles. The van der Waals surface area contributed by atoms with Gasteiger partial charge in [-0.2, -0.15) is 0 Å². The van der Waals surface area contributed by atoms with Crippen LogP contribution in [0.15, 0.2) is 0 Å². The molecule has 0 saturated heterocycles. The van der Waals surface area contributed by atoms with Crippen LogP contribution in [-0.4, -0.2) is 24.6 Å². The number of ether oxygens (including phenoxy) is 2. The zero-order valence-corrected chi connectivity index (χ0v) is 8.49. The predicted molar refractivity (Wildman–Crippen MR) is 47.0 cm³/mol. The summed E-state index contributed by atoms with van der Waals surface area (Å²) in [5.74, 6) is -1.01. The lowest BCUT2D eigenvalue weighted by molar-refractivity contribution is -0.169. The van der Waals surface area contributed by atoms with Crippen LogP contribution >= 0.6 is 0 Å². The quantitative estimate of drug-likeness (QED) is 0.621. The maximum atomic E-state index is 11.2. The van der Waals surface area contributed by atoms with E-state index in [1.807, 2.05) is 0 Å². The van der Waals surface area contributed by atoms with Crippen LogP contribution in [0.3, 0.4) is 0 Å². The van der Waals surface area contributed by atoms with Crippen molar-refractivity contribution in [3.8, 4) is 0 Å². The van der Waals surface area contributed by atoms with Crippen LogP contribution in [0.1, 0.15) is 27.7 Å². The molecule has 0 heterocycles. The fourth-order valence-corrected chi connectivity index (χ4v) is 0.860. The van der Waals surface area contributed by atoms with Gasteiger partial charge in [0.2, 0.25) is 6.10 Å². The van der Waals surface area contributed by atoms with E-state index in [2.05, 4.69) is 0 Å². The SMILES string of the molecule is CCOC(=O)C(OC(C)=O)C(C)C. The summed E-state index contributed by atoms with van der Waals surface area (Å²) in [5.41, 5.74) is 0. The van der Waals surface area contributed by atoms with Crippen molar-refractivity contribution in [3.05, 3.63) is 0 Å². The number of esters is 2. The molecule has 0 N–H and O–H groups in total. The highest BCUT2D eigenvalue weighted by atomic mass is 16.6. The molecule has 1 unspecified atom stereocenters. The van der Waals surface area contributed by atoms with E-state index >= 15 is 0 Å². The summed E-state index contributed by atoms with van der Waals surface area (Å²) in [6.07, 6.45) is -0.780. The molecule has 13 heavy (non-hydrogen) atoms. The second kappa shape index (κ2) is 5.56. The number of carbonyl (C=O) groups excluding carboxylic acids is 2. The molecule has 0 aromatic rings. The lowest BCUT2D eigenvalue weighted by atomic mass is 10.1. The van der Waals surface area contributed by atoms with E-state index in [-0.39, 0.29) is 5.92 Å². The molecule has 0 spiro atoms. The monoisotopic (exact) mass is 188 g/mol. The van der Waals surface area contributed by atoms with Gasteiger partial charge < -0.3 is 9.47 Å². The maximum Gasteiger partial charge on any atom is 0.347 e. The molecule has 0 aliphatic carbocycles. The van der Waals surface area contributed by atoms with Gasteiger partial charge in [-0.05, 0) is 6.92 Å². The van der Waals surface area contributed by atoms with E-state index in [0.29, 0.717) is 6.61 Å². The lowest BCUT2D eigenvalue weighted by Crippen LogP contribution is -2.33. The third kappa shape index (κ3) is 4.50. The minimum absolute atomic E-state index is 0.0667. The predicted octanol–water partition coefficient (Wildman–Crippen LogP) is 1.14. The van der Waals surface area contributed by atoms with E-state index in [0.717, 1.165) is 0 Å². The Morgan fingerprint density at radius 3 is 2.15 bits per heavy atom. The van der Waals surface area contributed by atoms with E-state index in [1.54, 1.807) is 20.8 Å². The molecule has 4 nitrogen and oxygen atoms in total. The largest absolute Gasteiger partial charge is 0.463 e. The minimum atomic E-state index is -0.780. The zero-order valence-electron chi connectivity index (χ0n) is 8.49. The fraction of sp³-hybridized carbons (Fsp3) is 0.778. The summed E-state index contributed by atoms with van der Waals surface area (Å²) < 4.78 is 9.56. The van der Waals surface area contributed by atoms with Crippen LogP contribution in [0, 0.1) is 5.92 Å². The third-order valence-corrected chi connectivity index (χ3v) is 1.42. The van der Waals surface area contributed by atoms with Gasteiger partial charge in [0.05, 0.1) is 6.61 Å². The second-order valence-electron chi connectivity index (χ2n) is 3.03. The molecule has 76 valence electrons. The third-order valence-electron chi connectivity index (χ3n) is 1.42. The molecule has 0 bridgehead atoms. The Morgan fingerprint density at radius 2 is 1.85 bits per heavy atom.